The summed E-state index contributed by atoms with van der Waals surface area (Å²) in [6.45, 7) is 6.10. The minimum absolute atomic E-state index is 0.337. The molecule has 0 unspecified atom stereocenters. The third-order valence-corrected chi connectivity index (χ3v) is 6.37. The monoisotopic (exact) mass is 319 g/mol. The molecule has 2 heterocycles. The third kappa shape index (κ3) is 2.22. The van der Waals surface area contributed by atoms with E-state index in [0.29, 0.717) is 22.8 Å². The van der Waals surface area contributed by atoms with Crippen LogP contribution in [0.3, 0.4) is 0 Å². The van der Waals surface area contributed by atoms with E-state index in [1.54, 1.807) is 29.9 Å². The quantitative estimate of drug-likeness (QED) is 0.854. The average molecular weight is 319 g/mol. The highest BCUT2D eigenvalue weighted by Crippen LogP contribution is 2.34. The summed E-state index contributed by atoms with van der Waals surface area (Å²) in [5.74, 6) is 0. The van der Waals surface area contributed by atoms with Crippen molar-refractivity contribution in [2.24, 2.45) is 7.05 Å². The Hall–Kier alpha value is -1.82. The van der Waals surface area contributed by atoms with Crippen molar-refractivity contribution in [1.29, 1.82) is 0 Å². The molecule has 0 spiro atoms. The van der Waals surface area contributed by atoms with Gasteiger partial charge < -0.3 is 0 Å². The predicted octanol–water partition coefficient (Wildman–Crippen LogP) is 2.49. The first-order valence-electron chi connectivity index (χ1n) is 7.45. The third-order valence-electron chi connectivity index (χ3n) is 4.30. The molecule has 3 rings (SSSR count). The maximum absolute atomic E-state index is 13.2. The van der Waals surface area contributed by atoms with Crippen LogP contribution in [-0.2, 0) is 23.5 Å². The molecule has 0 amide bonds. The van der Waals surface area contributed by atoms with E-state index >= 15 is 0 Å². The van der Waals surface area contributed by atoms with Crippen molar-refractivity contribution in [1.82, 2.24) is 9.78 Å². The SMILES string of the molecule is Cc1ccc2c(c1)CCCN2S(=O)(=O)c1c(C)nn(C)c1C. The Morgan fingerprint density at radius 1 is 1.18 bits per heavy atom. The smallest absolute Gasteiger partial charge is 0.268 e. The van der Waals surface area contributed by atoms with E-state index in [1.165, 1.54) is 0 Å². The Bertz CT molecular complexity index is 837. The molecule has 1 aliphatic heterocycles. The van der Waals surface area contributed by atoms with Gasteiger partial charge in [-0.05, 0) is 45.2 Å². The zero-order chi connectivity index (χ0) is 16.1. The molecule has 6 heteroatoms. The largest absolute Gasteiger partial charge is 0.271 e. The first-order valence-corrected chi connectivity index (χ1v) is 8.89. The zero-order valence-electron chi connectivity index (χ0n) is 13.4. The maximum Gasteiger partial charge on any atom is 0.268 e. The number of rotatable bonds is 2. The van der Waals surface area contributed by atoms with Crippen molar-refractivity contribution >= 4 is 15.7 Å². The maximum atomic E-state index is 13.2. The Balaban J connectivity index is 2.16. The van der Waals surface area contributed by atoms with E-state index in [0.717, 1.165) is 29.7 Å². The number of anilines is 1. The molecule has 0 fully saturated rings. The summed E-state index contributed by atoms with van der Waals surface area (Å²) in [5, 5.41) is 4.25. The molecule has 1 aliphatic rings. The molecule has 0 bridgehead atoms. The van der Waals surface area contributed by atoms with Crippen LogP contribution in [0.2, 0.25) is 0 Å². The average Bonchev–Trinajstić information content (AvgIpc) is 2.71. The topological polar surface area (TPSA) is 55.2 Å². The molecule has 0 aliphatic carbocycles. The van der Waals surface area contributed by atoms with Gasteiger partial charge >= 0.3 is 0 Å². The van der Waals surface area contributed by atoms with E-state index in [2.05, 4.69) is 11.2 Å². The van der Waals surface area contributed by atoms with Crippen LogP contribution in [0.4, 0.5) is 5.69 Å². The van der Waals surface area contributed by atoms with Gasteiger partial charge in [-0.3, -0.25) is 8.99 Å². The summed E-state index contributed by atoms with van der Waals surface area (Å²) in [6, 6.07) is 5.97. The van der Waals surface area contributed by atoms with Crippen LogP contribution in [-0.4, -0.2) is 24.7 Å². The summed E-state index contributed by atoms with van der Waals surface area (Å²) in [7, 11) is -1.81. The minimum atomic E-state index is -3.58. The van der Waals surface area contributed by atoms with Crippen LogP contribution in [0.1, 0.15) is 28.9 Å². The molecule has 0 saturated carbocycles. The second kappa shape index (κ2) is 5.12. The highest BCUT2D eigenvalue weighted by atomic mass is 32.2. The molecule has 22 heavy (non-hydrogen) atoms. The molecule has 2 aromatic rings. The highest BCUT2D eigenvalue weighted by Gasteiger charge is 2.33. The Labute approximate surface area is 131 Å². The summed E-state index contributed by atoms with van der Waals surface area (Å²) in [4.78, 5) is 0.337. The molecule has 118 valence electrons. The molecule has 1 aromatic heterocycles. The van der Waals surface area contributed by atoms with Gasteiger partial charge in [0.05, 0.1) is 17.1 Å². The van der Waals surface area contributed by atoms with E-state index < -0.39 is 10.0 Å². The lowest BCUT2D eigenvalue weighted by atomic mass is 10.0. The van der Waals surface area contributed by atoms with Crippen LogP contribution in [0.5, 0.6) is 0 Å². The summed E-state index contributed by atoms with van der Waals surface area (Å²) in [5.41, 5.74) is 4.30. The lowest BCUT2D eigenvalue weighted by Crippen LogP contribution is -2.36. The van der Waals surface area contributed by atoms with Crippen LogP contribution < -0.4 is 4.31 Å². The molecule has 1 aromatic carbocycles. The van der Waals surface area contributed by atoms with Crippen LogP contribution >= 0.6 is 0 Å². The minimum Gasteiger partial charge on any atom is -0.271 e. The number of aromatic nitrogens is 2. The van der Waals surface area contributed by atoms with Crippen LogP contribution in [0.15, 0.2) is 23.1 Å². The molecular formula is C16H21N3O2S. The fraction of sp³-hybridized carbons (Fsp3) is 0.438. The molecular weight excluding hydrogens is 298 g/mol. The van der Waals surface area contributed by atoms with E-state index in [9.17, 15) is 8.42 Å². The van der Waals surface area contributed by atoms with Gasteiger partial charge in [-0.25, -0.2) is 8.42 Å². The molecule has 5 nitrogen and oxygen atoms in total. The molecule has 0 atom stereocenters. The van der Waals surface area contributed by atoms with Crippen LogP contribution in [0, 0.1) is 20.8 Å². The summed E-state index contributed by atoms with van der Waals surface area (Å²) < 4.78 is 29.5. The van der Waals surface area contributed by atoms with Crippen molar-refractivity contribution in [3.8, 4) is 0 Å². The van der Waals surface area contributed by atoms with Gasteiger partial charge in [0.2, 0.25) is 0 Å². The predicted molar refractivity (Wildman–Crippen MR) is 86.7 cm³/mol. The van der Waals surface area contributed by atoms with E-state index in [4.69, 9.17) is 0 Å². The normalized spacial score (nSPS) is 15.0. The molecule has 0 N–H and O–H groups in total. The number of benzene rings is 1. The van der Waals surface area contributed by atoms with Gasteiger partial charge in [-0.15, -0.1) is 0 Å². The van der Waals surface area contributed by atoms with Gasteiger partial charge in [-0.2, -0.15) is 5.10 Å². The lowest BCUT2D eigenvalue weighted by Gasteiger charge is -2.30. The summed E-state index contributed by atoms with van der Waals surface area (Å²) >= 11 is 0. The fourth-order valence-corrected chi connectivity index (χ4v) is 5.13. The fourth-order valence-electron chi connectivity index (χ4n) is 3.18. The summed E-state index contributed by atoms with van der Waals surface area (Å²) in [6.07, 6.45) is 1.77. The Kier molecular flexibility index (Phi) is 3.51. The Morgan fingerprint density at radius 3 is 2.55 bits per heavy atom. The number of sulfonamides is 1. The van der Waals surface area contributed by atoms with Crippen molar-refractivity contribution in [2.45, 2.75) is 38.5 Å². The van der Waals surface area contributed by atoms with Crippen molar-refractivity contribution < 1.29 is 8.42 Å². The lowest BCUT2D eigenvalue weighted by molar-refractivity contribution is 0.585. The first-order chi connectivity index (χ1) is 10.3. The van der Waals surface area contributed by atoms with Crippen molar-refractivity contribution in [3.05, 3.63) is 40.7 Å². The van der Waals surface area contributed by atoms with Crippen molar-refractivity contribution in [3.63, 3.8) is 0 Å². The number of fused-ring (bicyclic) bond motifs is 1. The zero-order valence-corrected chi connectivity index (χ0v) is 14.2. The van der Waals surface area contributed by atoms with Crippen molar-refractivity contribution in [2.75, 3.05) is 10.8 Å². The second-order valence-electron chi connectivity index (χ2n) is 5.94. The van der Waals surface area contributed by atoms with Gasteiger partial charge in [0.1, 0.15) is 4.90 Å². The molecule has 0 saturated heterocycles. The molecule has 0 radical (unpaired) electrons. The number of aryl methyl sites for hydroxylation is 4. The second-order valence-corrected chi connectivity index (χ2v) is 7.74. The van der Waals surface area contributed by atoms with E-state index in [1.807, 2.05) is 19.1 Å². The number of nitrogens with zero attached hydrogens (tertiary/aromatic N) is 3. The number of hydrogen-bond donors (Lipinski definition) is 0. The number of hydrogen-bond acceptors (Lipinski definition) is 3. The van der Waals surface area contributed by atoms with Gasteiger partial charge in [-0.1, -0.05) is 17.7 Å². The van der Waals surface area contributed by atoms with E-state index in [-0.39, 0.29) is 0 Å². The Morgan fingerprint density at radius 2 is 1.91 bits per heavy atom. The standard InChI is InChI=1S/C16H21N3O2S/c1-11-7-8-15-14(10-11)6-5-9-19(15)22(20,21)16-12(2)17-18(4)13(16)3/h7-8,10H,5-6,9H2,1-4H3. The van der Waals surface area contributed by atoms with Gasteiger partial charge in [0.25, 0.3) is 10.0 Å². The highest BCUT2D eigenvalue weighted by molar-refractivity contribution is 7.93. The van der Waals surface area contributed by atoms with Crippen LogP contribution in [0.25, 0.3) is 0 Å². The van der Waals surface area contributed by atoms with Gasteiger partial charge in [0.15, 0.2) is 0 Å². The van der Waals surface area contributed by atoms with Gasteiger partial charge in [0, 0.05) is 13.6 Å². The first kappa shape index (κ1) is 15.1.